The summed E-state index contributed by atoms with van der Waals surface area (Å²) in [4.78, 5) is 15.7. The van der Waals surface area contributed by atoms with Crippen molar-refractivity contribution in [3.05, 3.63) is 60.2 Å². The van der Waals surface area contributed by atoms with Gasteiger partial charge in [0, 0.05) is 24.0 Å². The van der Waals surface area contributed by atoms with E-state index in [4.69, 9.17) is 4.74 Å². The van der Waals surface area contributed by atoms with E-state index in [9.17, 15) is 4.79 Å². The Morgan fingerprint density at radius 2 is 2.20 bits per heavy atom. The Labute approximate surface area is 119 Å². The number of carbonyl (C=O) groups is 1. The van der Waals surface area contributed by atoms with Gasteiger partial charge < -0.3 is 4.74 Å². The van der Waals surface area contributed by atoms with E-state index >= 15 is 0 Å². The summed E-state index contributed by atoms with van der Waals surface area (Å²) in [7, 11) is 0. The Morgan fingerprint density at radius 1 is 1.35 bits per heavy atom. The van der Waals surface area contributed by atoms with Crippen molar-refractivity contribution in [2.75, 3.05) is 0 Å². The molecule has 2 aromatic heterocycles. The topological polar surface area (TPSA) is 43.1 Å². The highest BCUT2D eigenvalue weighted by Gasteiger charge is 2.10. The van der Waals surface area contributed by atoms with E-state index < -0.39 is 0 Å². The number of hydrogen-bond acceptors (Lipinski definition) is 3. The van der Waals surface area contributed by atoms with Crippen LogP contribution in [0, 0.1) is 5.92 Å². The maximum absolute atomic E-state index is 11.8. The molecule has 0 saturated carbocycles. The van der Waals surface area contributed by atoms with E-state index in [0.717, 1.165) is 6.42 Å². The van der Waals surface area contributed by atoms with Crippen LogP contribution < -0.4 is 4.57 Å². The van der Waals surface area contributed by atoms with Crippen LogP contribution in [-0.4, -0.2) is 11.0 Å². The van der Waals surface area contributed by atoms with Gasteiger partial charge in [-0.25, -0.2) is 4.79 Å². The average Bonchev–Trinajstić information content (AvgIpc) is 2.45. The molecule has 2 aromatic rings. The number of esters is 1. The van der Waals surface area contributed by atoms with Gasteiger partial charge in [-0.1, -0.05) is 13.8 Å². The lowest BCUT2D eigenvalue weighted by Crippen LogP contribution is -2.36. The SMILES string of the molecule is CC(C)Cc1ccc[n+](COC(=O)c2cccnc2)c1. The largest absolute Gasteiger partial charge is 0.401 e. The van der Waals surface area contributed by atoms with E-state index in [-0.39, 0.29) is 12.7 Å². The van der Waals surface area contributed by atoms with Crippen LogP contribution >= 0.6 is 0 Å². The smallest absolute Gasteiger partial charge is 0.344 e. The van der Waals surface area contributed by atoms with Gasteiger partial charge in [0.15, 0.2) is 12.4 Å². The molecule has 0 atom stereocenters. The van der Waals surface area contributed by atoms with Gasteiger partial charge in [0.05, 0.1) is 5.56 Å². The summed E-state index contributed by atoms with van der Waals surface area (Å²) < 4.78 is 7.13. The summed E-state index contributed by atoms with van der Waals surface area (Å²) in [5, 5.41) is 0. The molecule has 0 aromatic carbocycles. The molecule has 20 heavy (non-hydrogen) atoms. The summed E-state index contributed by atoms with van der Waals surface area (Å²) in [6.45, 7) is 4.57. The minimum Gasteiger partial charge on any atom is -0.401 e. The maximum atomic E-state index is 11.8. The average molecular weight is 271 g/mol. The van der Waals surface area contributed by atoms with Crippen LogP contribution in [0.5, 0.6) is 0 Å². The fourth-order valence-corrected chi connectivity index (χ4v) is 1.95. The Morgan fingerprint density at radius 3 is 2.90 bits per heavy atom. The van der Waals surface area contributed by atoms with Crippen molar-refractivity contribution in [3.8, 4) is 0 Å². The van der Waals surface area contributed by atoms with Gasteiger partial charge in [-0.15, -0.1) is 0 Å². The van der Waals surface area contributed by atoms with E-state index in [2.05, 4.69) is 24.9 Å². The van der Waals surface area contributed by atoms with E-state index in [0.29, 0.717) is 11.5 Å². The van der Waals surface area contributed by atoms with Gasteiger partial charge in [0.25, 0.3) is 6.73 Å². The molecule has 0 aliphatic carbocycles. The molecule has 0 fully saturated rings. The first-order chi connectivity index (χ1) is 9.65. The van der Waals surface area contributed by atoms with Gasteiger partial charge in [0.1, 0.15) is 0 Å². The molecular formula is C16H19N2O2+. The van der Waals surface area contributed by atoms with Crippen LogP contribution in [0.1, 0.15) is 29.8 Å². The number of ether oxygens (including phenoxy) is 1. The normalized spacial score (nSPS) is 10.6. The summed E-state index contributed by atoms with van der Waals surface area (Å²) in [6, 6.07) is 7.46. The highest BCUT2D eigenvalue weighted by molar-refractivity contribution is 5.88. The molecule has 2 heterocycles. The number of pyridine rings is 2. The second kappa shape index (κ2) is 6.80. The Kier molecular flexibility index (Phi) is 4.82. The van der Waals surface area contributed by atoms with Crippen LogP contribution in [0.25, 0.3) is 0 Å². The molecule has 104 valence electrons. The first kappa shape index (κ1) is 14.2. The molecule has 4 nitrogen and oxygen atoms in total. The van der Waals surface area contributed by atoms with Crippen molar-refractivity contribution in [2.24, 2.45) is 5.92 Å². The van der Waals surface area contributed by atoms with Crippen molar-refractivity contribution in [3.63, 3.8) is 0 Å². The Bertz CT molecular complexity index is 568. The summed E-state index contributed by atoms with van der Waals surface area (Å²) in [5.41, 5.74) is 1.70. The number of carbonyl (C=O) groups excluding carboxylic acids is 1. The highest BCUT2D eigenvalue weighted by Crippen LogP contribution is 2.05. The zero-order valence-corrected chi connectivity index (χ0v) is 11.8. The second-order valence-electron chi connectivity index (χ2n) is 5.13. The standard InChI is InChI=1S/C16H19N2O2/c1-13(2)9-14-5-4-8-18(11-14)12-20-16(19)15-6-3-7-17-10-15/h3-8,10-11,13H,9,12H2,1-2H3/q+1. The van der Waals surface area contributed by atoms with Crippen LogP contribution in [0.4, 0.5) is 0 Å². The summed E-state index contributed by atoms with van der Waals surface area (Å²) in [6.07, 6.45) is 8.04. The number of nitrogens with zero attached hydrogens (tertiary/aromatic N) is 2. The van der Waals surface area contributed by atoms with Crippen molar-refractivity contribution >= 4 is 5.97 Å². The maximum Gasteiger partial charge on any atom is 0.344 e. The summed E-state index contributed by atoms with van der Waals surface area (Å²) >= 11 is 0. The Balaban J connectivity index is 1.95. The molecule has 0 radical (unpaired) electrons. The molecule has 0 spiro atoms. The highest BCUT2D eigenvalue weighted by atomic mass is 16.5. The number of hydrogen-bond donors (Lipinski definition) is 0. The van der Waals surface area contributed by atoms with Gasteiger partial charge in [-0.05, 0) is 30.5 Å². The first-order valence-electron chi connectivity index (χ1n) is 6.70. The molecule has 4 heteroatoms. The van der Waals surface area contributed by atoms with Crippen molar-refractivity contribution in [2.45, 2.75) is 27.0 Å². The van der Waals surface area contributed by atoms with Gasteiger partial charge in [0.2, 0.25) is 0 Å². The van der Waals surface area contributed by atoms with E-state index in [1.54, 1.807) is 18.3 Å². The van der Waals surface area contributed by atoms with Crippen molar-refractivity contribution in [1.82, 2.24) is 4.98 Å². The zero-order valence-electron chi connectivity index (χ0n) is 11.8. The second-order valence-corrected chi connectivity index (χ2v) is 5.13. The predicted octanol–water partition coefficient (Wildman–Crippen LogP) is 2.38. The predicted molar refractivity (Wildman–Crippen MR) is 74.8 cm³/mol. The molecule has 0 unspecified atom stereocenters. The molecule has 0 N–H and O–H groups in total. The minimum absolute atomic E-state index is 0.208. The van der Waals surface area contributed by atoms with Gasteiger partial charge >= 0.3 is 5.97 Å². The zero-order chi connectivity index (χ0) is 14.4. The lowest BCUT2D eigenvalue weighted by molar-refractivity contribution is -0.727. The molecule has 0 aliphatic heterocycles. The van der Waals surface area contributed by atoms with Crippen LogP contribution in [0.2, 0.25) is 0 Å². The minimum atomic E-state index is -0.361. The molecule has 2 rings (SSSR count). The third-order valence-electron chi connectivity index (χ3n) is 2.81. The van der Waals surface area contributed by atoms with E-state index in [1.165, 1.54) is 11.8 Å². The number of aromatic nitrogens is 2. The molecule has 0 saturated heterocycles. The lowest BCUT2D eigenvalue weighted by atomic mass is 10.1. The monoisotopic (exact) mass is 271 g/mol. The van der Waals surface area contributed by atoms with Gasteiger partial charge in [-0.2, -0.15) is 4.57 Å². The fourth-order valence-electron chi connectivity index (χ4n) is 1.95. The van der Waals surface area contributed by atoms with Crippen molar-refractivity contribution in [1.29, 1.82) is 0 Å². The molecule has 0 bridgehead atoms. The van der Waals surface area contributed by atoms with Gasteiger partial charge in [-0.3, -0.25) is 4.98 Å². The lowest BCUT2D eigenvalue weighted by Gasteiger charge is -2.04. The molecular weight excluding hydrogens is 252 g/mol. The fraction of sp³-hybridized carbons (Fsp3) is 0.312. The molecule has 0 amide bonds. The summed E-state index contributed by atoms with van der Waals surface area (Å²) in [5.74, 6) is 0.239. The molecule has 0 aliphatic rings. The first-order valence-corrected chi connectivity index (χ1v) is 6.70. The van der Waals surface area contributed by atoms with Crippen LogP contribution in [0.15, 0.2) is 49.1 Å². The third-order valence-corrected chi connectivity index (χ3v) is 2.81. The van der Waals surface area contributed by atoms with Crippen LogP contribution in [0.3, 0.4) is 0 Å². The Hall–Kier alpha value is -2.23. The third kappa shape index (κ3) is 4.16. The quantitative estimate of drug-likeness (QED) is 0.619. The number of rotatable bonds is 5. The van der Waals surface area contributed by atoms with Crippen LogP contribution in [-0.2, 0) is 17.9 Å². The van der Waals surface area contributed by atoms with Crippen molar-refractivity contribution < 1.29 is 14.1 Å². The van der Waals surface area contributed by atoms with E-state index in [1.807, 2.05) is 23.0 Å².